The zero-order chi connectivity index (χ0) is 25.0. The van der Waals surface area contributed by atoms with Gasteiger partial charge >= 0.3 is 12.0 Å². The summed E-state index contributed by atoms with van der Waals surface area (Å²) in [7, 11) is 0. The predicted molar refractivity (Wildman–Crippen MR) is 132 cm³/mol. The molecule has 1 aliphatic rings. The van der Waals surface area contributed by atoms with Crippen LogP contribution in [-0.2, 0) is 25.5 Å². The van der Waals surface area contributed by atoms with E-state index >= 15 is 0 Å². The maximum absolute atomic E-state index is 12.9. The first kappa shape index (κ1) is 23.9. The van der Waals surface area contributed by atoms with Crippen LogP contribution in [0.25, 0.3) is 10.8 Å². The van der Waals surface area contributed by atoms with Crippen molar-refractivity contribution in [2.75, 3.05) is 11.9 Å². The van der Waals surface area contributed by atoms with Crippen molar-refractivity contribution in [3.05, 3.63) is 78.4 Å². The fourth-order valence-electron chi connectivity index (χ4n) is 4.03. The summed E-state index contributed by atoms with van der Waals surface area (Å²) in [6.45, 7) is 2.50. The minimum atomic E-state index is -1.12. The lowest BCUT2D eigenvalue weighted by atomic mass is 9.93. The van der Waals surface area contributed by atoms with E-state index in [4.69, 9.17) is 4.74 Å². The Morgan fingerprint density at radius 3 is 2.43 bits per heavy atom. The summed E-state index contributed by atoms with van der Waals surface area (Å²) in [6.07, 6.45) is -0.134. The van der Waals surface area contributed by atoms with Gasteiger partial charge in [-0.1, -0.05) is 60.7 Å². The van der Waals surface area contributed by atoms with Crippen molar-refractivity contribution >= 4 is 40.3 Å². The molecular weight excluding hydrogens is 446 g/mol. The van der Waals surface area contributed by atoms with Crippen LogP contribution in [-0.4, -0.2) is 46.9 Å². The van der Waals surface area contributed by atoms with Crippen molar-refractivity contribution in [1.29, 1.82) is 0 Å². The van der Waals surface area contributed by atoms with Crippen molar-refractivity contribution < 1.29 is 23.9 Å². The van der Waals surface area contributed by atoms with Gasteiger partial charge in [0.2, 0.25) is 0 Å². The van der Waals surface area contributed by atoms with Crippen molar-refractivity contribution in [1.82, 2.24) is 10.2 Å². The Kier molecular flexibility index (Phi) is 6.82. The second kappa shape index (κ2) is 9.97. The Balaban J connectivity index is 1.31. The molecule has 4 rings (SSSR count). The van der Waals surface area contributed by atoms with E-state index in [1.165, 1.54) is 6.92 Å². The molecule has 3 aromatic carbocycles. The van der Waals surface area contributed by atoms with Gasteiger partial charge in [-0.15, -0.1) is 0 Å². The summed E-state index contributed by atoms with van der Waals surface area (Å²) in [5, 5.41) is 7.40. The van der Waals surface area contributed by atoms with E-state index in [2.05, 4.69) is 10.6 Å². The van der Waals surface area contributed by atoms with Crippen LogP contribution in [0.4, 0.5) is 10.5 Å². The van der Waals surface area contributed by atoms with E-state index in [-0.39, 0.29) is 0 Å². The maximum Gasteiger partial charge on any atom is 0.327 e. The highest BCUT2D eigenvalue weighted by molar-refractivity contribution is 6.08. The Morgan fingerprint density at radius 2 is 1.69 bits per heavy atom. The van der Waals surface area contributed by atoms with Crippen LogP contribution in [0.5, 0.6) is 0 Å². The number of esters is 1. The molecule has 1 aliphatic heterocycles. The topological polar surface area (TPSA) is 105 Å². The molecular formula is C27H27N3O5. The molecule has 0 saturated carbocycles. The molecule has 1 fully saturated rings. The Morgan fingerprint density at radius 1 is 1.00 bits per heavy atom. The first-order valence-electron chi connectivity index (χ1n) is 11.4. The number of ether oxygens (including phenoxy) is 1. The number of aryl methyl sites for hydroxylation is 1. The molecule has 0 aromatic heterocycles. The van der Waals surface area contributed by atoms with E-state index < -0.39 is 42.0 Å². The third-order valence-electron chi connectivity index (χ3n) is 6.08. The third-order valence-corrected chi connectivity index (χ3v) is 6.08. The lowest BCUT2D eigenvalue weighted by Gasteiger charge is -2.21. The molecule has 2 N–H and O–H groups in total. The summed E-state index contributed by atoms with van der Waals surface area (Å²) < 4.78 is 5.20. The van der Waals surface area contributed by atoms with Crippen LogP contribution in [0, 0.1) is 0 Å². The second-order valence-corrected chi connectivity index (χ2v) is 8.82. The van der Waals surface area contributed by atoms with Crippen LogP contribution in [0.3, 0.4) is 0 Å². The average molecular weight is 474 g/mol. The number of urea groups is 1. The van der Waals surface area contributed by atoms with Gasteiger partial charge in [0, 0.05) is 5.69 Å². The van der Waals surface area contributed by atoms with Crippen LogP contribution < -0.4 is 10.6 Å². The highest BCUT2D eigenvalue weighted by Gasteiger charge is 2.48. The normalized spacial score (nSPS) is 18.3. The predicted octanol–water partition coefficient (Wildman–Crippen LogP) is 3.65. The number of hydrogen-bond acceptors (Lipinski definition) is 5. The molecule has 8 nitrogen and oxygen atoms in total. The summed E-state index contributed by atoms with van der Waals surface area (Å²) >= 11 is 0. The minimum Gasteiger partial charge on any atom is -0.451 e. The molecule has 180 valence electrons. The monoisotopic (exact) mass is 473 g/mol. The lowest BCUT2D eigenvalue weighted by Crippen LogP contribution is -2.45. The number of amides is 4. The highest BCUT2D eigenvalue weighted by atomic mass is 16.5. The fraction of sp³-hybridized carbons (Fsp3) is 0.259. The number of anilines is 1. The summed E-state index contributed by atoms with van der Waals surface area (Å²) in [5.41, 5.74) is 0.492. The SMILES string of the molecule is C[C@@H](OC(=O)CN1C(=O)N[C@@](C)(CCc2ccccc2)C1=O)C(=O)Nc1ccc2ccccc2c1. The fourth-order valence-corrected chi connectivity index (χ4v) is 4.03. The number of rotatable bonds is 8. The van der Waals surface area contributed by atoms with Gasteiger partial charge in [0.05, 0.1) is 0 Å². The van der Waals surface area contributed by atoms with Gasteiger partial charge in [0.15, 0.2) is 6.10 Å². The smallest absolute Gasteiger partial charge is 0.327 e. The molecule has 2 atom stereocenters. The number of carbonyl (C=O) groups is 4. The zero-order valence-corrected chi connectivity index (χ0v) is 19.6. The molecule has 0 radical (unpaired) electrons. The van der Waals surface area contributed by atoms with E-state index in [0.29, 0.717) is 18.5 Å². The Hall–Kier alpha value is -4.20. The van der Waals surface area contributed by atoms with Gasteiger partial charge < -0.3 is 15.4 Å². The van der Waals surface area contributed by atoms with Gasteiger partial charge in [-0.2, -0.15) is 0 Å². The molecule has 1 saturated heterocycles. The molecule has 8 heteroatoms. The van der Waals surface area contributed by atoms with Crippen molar-refractivity contribution in [2.45, 2.75) is 38.3 Å². The average Bonchev–Trinajstić information content (AvgIpc) is 3.06. The zero-order valence-electron chi connectivity index (χ0n) is 19.6. The Bertz CT molecular complexity index is 1280. The highest BCUT2D eigenvalue weighted by Crippen LogP contribution is 2.23. The molecule has 35 heavy (non-hydrogen) atoms. The van der Waals surface area contributed by atoms with Gasteiger partial charge in [0.25, 0.3) is 11.8 Å². The van der Waals surface area contributed by atoms with Gasteiger partial charge in [-0.25, -0.2) is 4.79 Å². The number of nitrogens with one attached hydrogen (secondary N) is 2. The molecule has 0 spiro atoms. The van der Waals surface area contributed by atoms with Crippen molar-refractivity contribution in [3.63, 3.8) is 0 Å². The summed E-state index contributed by atoms with van der Waals surface area (Å²) in [6, 6.07) is 22.2. The number of imide groups is 1. The first-order chi connectivity index (χ1) is 16.7. The van der Waals surface area contributed by atoms with Crippen LogP contribution in [0.1, 0.15) is 25.8 Å². The third kappa shape index (κ3) is 5.48. The molecule has 0 unspecified atom stereocenters. The Labute approximate surface area is 203 Å². The van der Waals surface area contributed by atoms with Gasteiger partial charge in [0.1, 0.15) is 12.1 Å². The number of hydrogen-bond donors (Lipinski definition) is 2. The minimum absolute atomic E-state index is 0.387. The molecule has 4 amide bonds. The standard InChI is InChI=1S/C27H27N3O5/c1-18(24(32)28-22-13-12-20-10-6-7-11-21(20)16-22)35-23(31)17-30-25(33)27(2,29-26(30)34)15-14-19-8-4-3-5-9-19/h3-13,16,18H,14-15,17H2,1-2H3,(H,28,32)(H,29,34)/t18-,27+/m1/s1. The van der Waals surface area contributed by atoms with E-state index in [1.54, 1.807) is 13.0 Å². The van der Waals surface area contributed by atoms with Crippen molar-refractivity contribution in [3.8, 4) is 0 Å². The largest absolute Gasteiger partial charge is 0.451 e. The van der Waals surface area contributed by atoms with Crippen LogP contribution in [0.15, 0.2) is 72.8 Å². The molecule has 3 aromatic rings. The van der Waals surface area contributed by atoms with Gasteiger partial charge in [-0.3, -0.25) is 19.3 Å². The number of carbonyl (C=O) groups excluding carboxylic acids is 4. The van der Waals surface area contributed by atoms with Gasteiger partial charge in [-0.05, 0) is 55.2 Å². The van der Waals surface area contributed by atoms with E-state index in [9.17, 15) is 19.2 Å². The van der Waals surface area contributed by atoms with Crippen molar-refractivity contribution in [2.24, 2.45) is 0 Å². The summed E-state index contributed by atoms with van der Waals surface area (Å²) in [4.78, 5) is 51.1. The number of benzene rings is 3. The van der Waals surface area contributed by atoms with Crippen LogP contribution >= 0.6 is 0 Å². The number of nitrogens with zero attached hydrogens (tertiary/aromatic N) is 1. The number of fused-ring (bicyclic) bond motifs is 1. The maximum atomic E-state index is 12.9. The first-order valence-corrected chi connectivity index (χ1v) is 11.4. The quantitative estimate of drug-likeness (QED) is 0.384. The van der Waals surface area contributed by atoms with Crippen LogP contribution in [0.2, 0.25) is 0 Å². The lowest BCUT2D eigenvalue weighted by molar-refractivity contribution is -0.155. The van der Waals surface area contributed by atoms with E-state index in [1.807, 2.05) is 66.7 Å². The molecule has 1 heterocycles. The molecule has 0 aliphatic carbocycles. The van der Waals surface area contributed by atoms with E-state index in [0.717, 1.165) is 21.2 Å². The second-order valence-electron chi connectivity index (χ2n) is 8.82. The summed E-state index contributed by atoms with van der Waals surface area (Å²) in [5.74, 6) is -1.86. The molecule has 0 bridgehead atoms.